The molecule has 0 bridgehead atoms. The van der Waals surface area contributed by atoms with E-state index in [2.05, 4.69) is 10.1 Å². The molecule has 0 atom stereocenters. The molecule has 5 nitrogen and oxygen atoms in total. The van der Waals surface area contributed by atoms with Crippen molar-refractivity contribution in [2.45, 2.75) is 6.61 Å². The highest BCUT2D eigenvalue weighted by molar-refractivity contribution is 7.20. The molecular formula is C18H10F2N2O3S. The number of aromatic nitrogens is 2. The number of ether oxygens (including phenoxy) is 1. The summed E-state index contributed by atoms with van der Waals surface area (Å²) in [6.45, 7) is -0.218. The normalized spacial score (nSPS) is 11.0. The van der Waals surface area contributed by atoms with Crippen LogP contribution >= 0.6 is 11.3 Å². The van der Waals surface area contributed by atoms with Crippen LogP contribution in [0, 0.1) is 11.6 Å². The Balaban J connectivity index is 1.46. The molecule has 2 aromatic heterocycles. The van der Waals surface area contributed by atoms with E-state index in [1.54, 1.807) is 12.1 Å². The van der Waals surface area contributed by atoms with Crippen LogP contribution < -0.4 is 0 Å². The molecule has 130 valence electrons. The Morgan fingerprint density at radius 3 is 2.73 bits per heavy atom. The van der Waals surface area contributed by atoms with Crippen LogP contribution in [-0.2, 0) is 11.3 Å². The lowest BCUT2D eigenvalue weighted by Crippen LogP contribution is -2.03. The molecular weight excluding hydrogens is 362 g/mol. The summed E-state index contributed by atoms with van der Waals surface area (Å²) in [5.74, 6) is -0.998. The first kappa shape index (κ1) is 16.3. The van der Waals surface area contributed by atoms with Gasteiger partial charge in [0.25, 0.3) is 5.89 Å². The molecule has 2 aromatic carbocycles. The lowest BCUT2D eigenvalue weighted by molar-refractivity contribution is 0.0435. The molecule has 0 radical (unpaired) electrons. The molecule has 4 aromatic rings. The third kappa shape index (κ3) is 3.18. The van der Waals surface area contributed by atoms with Gasteiger partial charge in [-0.3, -0.25) is 0 Å². The number of esters is 1. The number of carbonyl (C=O) groups excluding carboxylic acids is 1. The van der Waals surface area contributed by atoms with E-state index in [-0.39, 0.29) is 29.0 Å². The number of halogens is 2. The minimum atomic E-state index is -0.605. The number of carbonyl (C=O) groups is 1. The highest BCUT2D eigenvalue weighted by atomic mass is 32.1. The van der Waals surface area contributed by atoms with E-state index in [9.17, 15) is 13.6 Å². The molecule has 0 aliphatic carbocycles. The van der Waals surface area contributed by atoms with Crippen molar-refractivity contribution in [3.05, 3.63) is 70.9 Å². The Morgan fingerprint density at radius 2 is 1.96 bits per heavy atom. The summed E-state index contributed by atoms with van der Waals surface area (Å²) in [5, 5.41) is 4.14. The van der Waals surface area contributed by atoms with Gasteiger partial charge >= 0.3 is 5.97 Å². The Morgan fingerprint density at radius 1 is 1.15 bits per heavy atom. The monoisotopic (exact) mass is 372 g/mol. The summed E-state index contributed by atoms with van der Waals surface area (Å²) in [5.41, 5.74) is 0.577. The minimum Gasteiger partial charge on any atom is -0.451 e. The second kappa shape index (κ2) is 6.64. The molecule has 0 amide bonds. The maximum Gasteiger partial charge on any atom is 0.348 e. The van der Waals surface area contributed by atoms with Gasteiger partial charge in [-0.1, -0.05) is 11.2 Å². The number of nitrogens with zero attached hydrogens (tertiary/aromatic N) is 2. The first-order valence-electron chi connectivity index (χ1n) is 7.54. The number of fused-ring (bicyclic) bond motifs is 1. The maximum atomic E-state index is 13.7. The number of benzene rings is 2. The van der Waals surface area contributed by atoms with Gasteiger partial charge in [0, 0.05) is 15.6 Å². The van der Waals surface area contributed by atoms with E-state index in [0.717, 1.165) is 11.3 Å². The number of thiophene rings is 1. The van der Waals surface area contributed by atoms with E-state index in [1.807, 2.05) is 0 Å². The molecule has 0 aliphatic heterocycles. The molecule has 0 unspecified atom stereocenters. The summed E-state index contributed by atoms with van der Waals surface area (Å²) < 4.78 is 37.5. The summed E-state index contributed by atoms with van der Waals surface area (Å²) in [6.07, 6.45) is 0. The molecule has 26 heavy (non-hydrogen) atoms. The van der Waals surface area contributed by atoms with Gasteiger partial charge in [0.1, 0.15) is 16.5 Å². The molecule has 0 saturated carbocycles. The number of hydrogen-bond acceptors (Lipinski definition) is 6. The lowest BCUT2D eigenvalue weighted by Gasteiger charge is -1.98. The fourth-order valence-corrected chi connectivity index (χ4v) is 3.32. The van der Waals surface area contributed by atoms with Crippen molar-refractivity contribution in [1.29, 1.82) is 0 Å². The van der Waals surface area contributed by atoms with Crippen LogP contribution in [0.5, 0.6) is 0 Å². The lowest BCUT2D eigenvalue weighted by atomic mass is 10.2. The van der Waals surface area contributed by atoms with Gasteiger partial charge < -0.3 is 9.26 Å². The summed E-state index contributed by atoms with van der Waals surface area (Å²) in [7, 11) is 0. The fraction of sp³-hybridized carbons (Fsp3) is 0.0556. The molecule has 0 aliphatic rings. The second-order valence-electron chi connectivity index (χ2n) is 5.36. The van der Waals surface area contributed by atoms with E-state index >= 15 is 0 Å². The maximum absolute atomic E-state index is 13.7. The standard InChI is InChI=1S/C18H10F2N2O3S/c19-11-6-4-10(5-7-11)17-21-16(25-22-17)9-24-18(23)15-8-12-13(20)2-1-3-14(12)26-15/h1-8H,9H2. The van der Waals surface area contributed by atoms with Crippen LogP contribution in [0.1, 0.15) is 15.6 Å². The van der Waals surface area contributed by atoms with Crippen molar-refractivity contribution < 1.29 is 22.8 Å². The zero-order chi connectivity index (χ0) is 18.1. The van der Waals surface area contributed by atoms with Gasteiger partial charge in [0.2, 0.25) is 5.82 Å². The van der Waals surface area contributed by atoms with Crippen LogP contribution in [0.25, 0.3) is 21.5 Å². The molecule has 0 fully saturated rings. The molecule has 0 N–H and O–H groups in total. The van der Waals surface area contributed by atoms with Crippen LogP contribution in [0.3, 0.4) is 0 Å². The quantitative estimate of drug-likeness (QED) is 0.490. The third-order valence-electron chi connectivity index (χ3n) is 3.61. The van der Waals surface area contributed by atoms with Crippen molar-refractivity contribution >= 4 is 27.4 Å². The fourth-order valence-electron chi connectivity index (χ4n) is 2.35. The van der Waals surface area contributed by atoms with Crippen molar-refractivity contribution in [1.82, 2.24) is 10.1 Å². The van der Waals surface area contributed by atoms with Gasteiger partial charge in [0.15, 0.2) is 6.61 Å². The summed E-state index contributed by atoms with van der Waals surface area (Å²) >= 11 is 1.14. The van der Waals surface area contributed by atoms with Gasteiger partial charge in [-0.15, -0.1) is 11.3 Å². The van der Waals surface area contributed by atoms with E-state index in [0.29, 0.717) is 15.6 Å². The van der Waals surface area contributed by atoms with Gasteiger partial charge in [-0.2, -0.15) is 4.98 Å². The first-order valence-corrected chi connectivity index (χ1v) is 8.35. The molecule has 4 rings (SSSR count). The van der Waals surface area contributed by atoms with Crippen molar-refractivity contribution in [2.24, 2.45) is 0 Å². The van der Waals surface area contributed by atoms with Crippen LogP contribution in [0.2, 0.25) is 0 Å². The molecule has 2 heterocycles. The topological polar surface area (TPSA) is 65.2 Å². The predicted molar refractivity (Wildman–Crippen MR) is 90.6 cm³/mol. The van der Waals surface area contributed by atoms with Crippen molar-refractivity contribution in [3.8, 4) is 11.4 Å². The smallest absolute Gasteiger partial charge is 0.348 e. The Hall–Kier alpha value is -3.13. The molecule has 0 spiro atoms. The van der Waals surface area contributed by atoms with Crippen LogP contribution in [0.15, 0.2) is 53.1 Å². The molecule has 8 heteroatoms. The zero-order valence-electron chi connectivity index (χ0n) is 13.1. The number of rotatable bonds is 4. The zero-order valence-corrected chi connectivity index (χ0v) is 13.9. The summed E-state index contributed by atoms with van der Waals surface area (Å²) in [4.78, 5) is 16.5. The van der Waals surface area contributed by atoms with Crippen molar-refractivity contribution in [3.63, 3.8) is 0 Å². The molecule has 0 saturated heterocycles. The third-order valence-corrected chi connectivity index (χ3v) is 4.69. The van der Waals surface area contributed by atoms with E-state index < -0.39 is 11.8 Å². The highest BCUT2D eigenvalue weighted by Gasteiger charge is 2.16. The SMILES string of the molecule is O=C(OCc1nc(-c2ccc(F)cc2)no1)c1cc2c(F)cccc2s1. The average Bonchev–Trinajstić information content (AvgIpc) is 3.28. The first-order chi connectivity index (χ1) is 12.6. The predicted octanol–water partition coefficient (Wildman–Crippen LogP) is 4.59. The number of hydrogen-bond donors (Lipinski definition) is 0. The largest absolute Gasteiger partial charge is 0.451 e. The van der Waals surface area contributed by atoms with E-state index in [4.69, 9.17) is 9.26 Å². The Labute approximate surface area is 149 Å². The van der Waals surface area contributed by atoms with E-state index in [1.165, 1.54) is 36.4 Å². The Kier molecular flexibility index (Phi) is 4.18. The second-order valence-corrected chi connectivity index (χ2v) is 6.44. The van der Waals surface area contributed by atoms with Gasteiger partial charge in [-0.05, 0) is 42.5 Å². The minimum absolute atomic E-state index is 0.102. The highest BCUT2D eigenvalue weighted by Crippen LogP contribution is 2.28. The average molecular weight is 372 g/mol. The van der Waals surface area contributed by atoms with Gasteiger partial charge in [0.05, 0.1) is 0 Å². The summed E-state index contributed by atoms with van der Waals surface area (Å²) in [6, 6.07) is 11.7. The Bertz CT molecular complexity index is 1090. The van der Waals surface area contributed by atoms with Crippen LogP contribution in [-0.4, -0.2) is 16.1 Å². The van der Waals surface area contributed by atoms with Crippen molar-refractivity contribution in [2.75, 3.05) is 0 Å². The van der Waals surface area contributed by atoms with Crippen LogP contribution in [0.4, 0.5) is 8.78 Å². The van der Waals surface area contributed by atoms with Gasteiger partial charge in [-0.25, -0.2) is 13.6 Å².